The molecule has 7 heteroatoms. The predicted octanol–water partition coefficient (Wildman–Crippen LogP) is 4.27. The molecule has 38 heavy (non-hydrogen) atoms. The number of hydrogen-bond donors (Lipinski definition) is 1. The predicted molar refractivity (Wildman–Crippen MR) is 146 cm³/mol. The fraction of sp³-hybridized carbons (Fsp3) is 0.323. The van der Waals surface area contributed by atoms with E-state index in [1.165, 1.54) is 4.90 Å². The lowest BCUT2D eigenvalue weighted by Gasteiger charge is -2.16. The van der Waals surface area contributed by atoms with Crippen molar-refractivity contribution in [2.75, 3.05) is 33.8 Å². The smallest absolute Gasteiger partial charge is 0.303 e. The molecule has 0 saturated carbocycles. The minimum atomic E-state index is -0.841. The van der Waals surface area contributed by atoms with Crippen LogP contribution in [0.15, 0.2) is 66.7 Å². The first-order chi connectivity index (χ1) is 18.3. The fourth-order valence-electron chi connectivity index (χ4n) is 4.68. The van der Waals surface area contributed by atoms with Gasteiger partial charge < -0.3 is 14.7 Å². The van der Waals surface area contributed by atoms with Gasteiger partial charge in [-0.05, 0) is 80.2 Å². The Bertz CT molecular complexity index is 1280. The number of benzene rings is 3. The molecule has 0 spiro atoms. The van der Waals surface area contributed by atoms with Crippen molar-refractivity contribution < 1.29 is 24.2 Å². The third kappa shape index (κ3) is 6.86. The number of ether oxygens (including phenoxy) is 1. The number of carboxylic acids is 1. The molecule has 0 unspecified atom stereocenters. The molecule has 1 N–H and O–H groups in total. The van der Waals surface area contributed by atoms with Gasteiger partial charge >= 0.3 is 5.97 Å². The van der Waals surface area contributed by atoms with E-state index in [1.807, 2.05) is 38.4 Å². The normalized spacial score (nSPS) is 12.8. The van der Waals surface area contributed by atoms with Gasteiger partial charge in [0, 0.05) is 19.5 Å². The number of imide groups is 1. The first kappa shape index (κ1) is 27.1. The number of nitrogens with zero attached hydrogens (tertiary/aromatic N) is 2. The number of aryl methyl sites for hydroxylation is 3. The van der Waals surface area contributed by atoms with Crippen molar-refractivity contribution in [1.29, 1.82) is 0 Å². The van der Waals surface area contributed by atoms with E-state index in [4.69, 9.17) is 4.74 Å². The summed E-state index contributed by atoms with van der Waals surface area (Å²) in [6.07, 6.45) is 2.51. The van der Waals surface area contributed by atoms with Crippen LogP contribution in [-0.4, -0.2) is 66.5 Å². The van der Waals surface area contributed by atoms with Crippen LogP contribution in [0.3, 0.4) is 0 Å². The van der Waals surface area contributed by atoms with Crippen LogP contribution in [0.25, 0.3) is 0 Å². The highest BCUT2D eigenvalue weighted by molar-refractivity contribution is 6.21. The third-order valence-corrected chi connectivity index (χ3v) is 6.69. The Balaban J connectivity index is 1.47. The van der Waals surface area contributed by atoms with Crippen LogP contribution in [0.4, 0.5) is 0 Å². The lowest BCUT2D eigenvalue weighted by Crippen LogP contribution is -2.31. The quantitative estimate of drug-likeness (QED) is 0.343. The van der Waals surface area contributed by atoms with Gasteiger partial charge in [-0.3, -0.25) is 19.3 Å². The summed E-state index contributed by atoms with van der Waals surface area (Å²) < 4.78 is 6.01. The maximum Gasteiger partial charge on any atom is 0.303 e. The standard InChI is InChI=1S/C31H34N2O5/c1-32(2)17-18-38-28-10-6-3-7-25(28)13-11-22-19-23(12-14-29(34)35)21-24(20-22)15-16-33-30(36)26-8-4-5-9-27(26)31(33)37/h3-10,19-21H,11-18H2,1-2H3,(H,34,35). The molecule has 1 heterocycles. The second kappa shape index (κ2) is 12.5. The zero-order valence-corrected chi connectivity index (χ0v) is 22.0. The van der Waals surface area contributed by atoms with E-state index in [2.05, 4.69) is 23.1 Å². The second-order valence-corrected chi connectivity index (χ2v) is 9.87. The van der Waals surface area contributed by atoms with E-state index in [1.54, 1.807) is 24.3 Å². The van der Waals surface area contributed by atoms with Gasteiger partial charge in [-0.1, -0.05) is 48.5 Å². The lowest BCUT2D eigenvalue weighted by atomic mass is 9.96. The number of carboxylic acid groups (broad SMARTS) is 1. The minimum absolute atomic E-state index is 0.0455. The van der Waals surface area contributed by atoms with Gasteiger partial charge in [0.05, 0.1) is 11.1 Å². The number of fused-ring (bicyclic) bond motifs is 1. The number of para-hydroxylation sites is 1. The molecule has 0 aliphatic carbocycles. The molecule has 4 rings (SSSR count). The Hall–Kier alpha value is -3.97. The number of rotatable bonds is 13. The highest BCUT2D eigenvalue weighted by Gasteiger charge is 2.34. The zero-order valence-electron chi connectivity index (χ0n) is 22.0. The molecule has 2 amide bonds. The number of carbonyl (C=O) groups is 3. The van der Waals surface area contributed by atoms with Crippen molar-refractivity contribution in [1.82, 2.24) is 9.80 Å². The van der Waals surface area contributed by atoms with Crippen molar-refractivity contribution in [3.8, 4) is 5.75 Å². The maximum atomic E-state index is 12.8. The van der Waals surface area contributed by atoms with Gasteiger partial charge in [-0.15, -0.1) is 0 Å². The van der Waals surface area contributed by atoms with E-state index >= 15 is 0 Å². The van der Waals surface area contributed by atoms with E-state index in [-0.39, 0.29) is 24.8 Å². The Labute approximate surface area is 223 Å². The highest BCUT2D eigenvalue weighted by Crippen LogP contribution is 2.24. The van der Waals surface area contributed by atoms with Gasteiger partial charge in [0.1, 0.15) is 12.4 Å². The molecule has 1 aliphatic rings. The van der Waals surface area contributed by atoms with Crippen molar-refractivity contribution in [3.05, 3.63) is 100 Å². The first-order valence-electron chi connectivity index (χ1n) is 13.0. The van der Waals surface area contributed by atoms with Crippen molar-refractivity contribution in [2.24, 2.45) is 0 Å². The monoisotopic (exact) mass is 514 g/mol. The SMILES string of the molecule is CN(C)CCOc1ccccc1CCc1cc(CCC(=O)O)cc(CCN2C(=O)c3ccccc3C2=O)c1. The number of likely N-dealkylation sites (N-methyl/N-ethyl adjacent to an activating group) is 1. The summed E-state index contributed by atoms with van der Waals surface area (Å²) in [6, 6.07) is 21.1. The summed E-state index contributed by atoms with van der Waals surface area (Å²) >= 11 is 0. The Morgan fingerprint density at radius 1 is 0.816 bits per heavy atom. The topological polar surface area (TPSA) is 87.2 Å². The molecule has 3 aromatic carbocycles. The summed E-state index contributed by atoms with van der Waals surface area (Å²) in [5.74, 6) is -0.494. The molecule has 0 atom stereocenters. The highest BCUT2D eigenvalue weighted by atomic mass is 16.5. The Kier molecular flexibility index (Phi) is 8.92. The molecular formula is C31H34N2O5. The van der Waals surface area contributed by atoms with Gasteiger partial charge in [0.2, 0.25) is 0 Å². The van der Waals surface area contributed by atoms with Crippen molar-refractivity contribution in [2.45, 2.75) is 32.1 Å². The van der Waals surface area contributed by atoms with Crippen LogP contribution in [0.1, 0.15) is 49.4 Å². The molecule has 1 aliphatic heterocycles. The van der Waals surface area contributed by atoms with Crippen LogP contribution in [0.5, 0.6) is 5.75 Å². The molecule has 0 bridgehead atoms. The summed E-state index contributed by atoms with van der Waals surface area (Å²) in [5, 5.41) is 9.19. The van der Waals surface area contributed by atoms with E-state index in [0.29, 0.717) is 30.6 Å². The van der Waals surface area contributed by atoms with Gasteiger partial charge in [0.25, 0.3) is 11.8 Å². The molecule has 0 aromatic heterocycles. The molecule has 0 fully saturated rings. The summed E-state index contributed by atoms with van der Waals surface area (Å²) in [7, 11) is 4.02. The van der Waals surface area contributed by atoms with Gasteiger partial charge in [0.15, 0.2) is 0 Å². The zero-order chi connectivity index (χ0) is 27.1. The number of aliphatic carboxylic acids is 1. The third-order valence-electron chi connectivity index (χ3n) is 6.69. The average Bonchev–Trinajstić information content (AvgIpc) is 3.14. The summed E-state index contributed by atoms with van der Waals surface area (Å²) in [5.41, 5.74) is 5.02. The molecular weight excluding hydrogens is 480 g/mol. The van der Waals surface area contributed by atoms with Crippen LogP contribution in [0.2, 0.25) is 0 Å². The second-order valence-electron chi connectivity index (χ2n) is 9.87. The minimum Gasteiger partial charge on any atom is -0.492 e. The van der Waals surface area contributed by atoms with Gasteiger partial charge in [-0.25, -0.2) is 0 Å². The first-order valence-corrected chi connectivity index (χ1v) is 13.0. The molecule has 3 aromatic rings. The van der Waals surface area contributed by atoms with Gasteiger partial charge in [-0.2, -0.15) is 0 Å². The van der Waals surface area contributed by atoms with Crippen LogP contribution < -0.4 is 4.74 Å². The van der Waals surface area contributed by atoms with Crippen LogP contribution in [-0.2, 0) is 30.5 Å². The van der Waals surface area contributed by atoms with Crippen LogP contribution in [0, 0.1) is 0 Å². The van der Waals surface area contributed by atoms with Crippen molar-refractivity contribution >= 4 is 17.8 Å². The maximum absolute atomic E-state index is 12.8. The number of hydrogen-bond acceptors (Lipinski definition) is 5. The van der Waals surface area contributed by atoms with E-state index < -0.39 is 5.97 Å². The largest absolute Gasteiger partial charge is 0.492 e. The Morgan fingerprint density at radius 3 is 2.03 bits per heavy atom. The fourth-order valence-corrected chi connectivity index (χ4v) is 4.68. The summed E-state index contributed by atoms with van der Waals surface area (Å²) in [4.78, 5) is 40.1. The lowest BCUT2D eigenvalue weighted by molar-refractivity contribution is -0.136. The van der Waals surface area contributed by atoms with Crippen LogP contribution >= 0.6 is 0 Å². The summed E-state index contributed by atoms with van der Waals surface area (Å²) in [6.45, 7) is 1.71. The number of amides is 2. The van der Waals surface area contributed by atoms with E-state index in [9.17, 15) is 19.5 Å². The van der Waals surface area contributed by atoms with E-state index in [0.717, 1.165) is 47.4 Å². The molecule has 198 valence electrons. The molecule has 0 radical (unpaired) electrons. The Morgan fingerprint density at radius 2 is 1.39 bits per heavy atom. The molecule has 7 nitrogen and oxygen atoms in total. The average molecular weight is 515 g/mol. The number of carbonyl (C=O) groups excluding carboxylic acids is 2. The molecule has 0 saturated heterocycles. The van der Waals surface area contributed by atoms with Crippen molar-refractivity contribution in [3.63, 3.8) is 0 Å².